The van der Waals surface area contributed by atoms with Crippen molar-refractivity contribution in [2.24, 2.45) is 5.10 Å². The summed E-state index contributed by atoms with van der Waals surface area (Å²) in [6.45, 7) is 6.16. The zero-order valence-corrected chi connectivity index (χ0v) is 21.1. The fourth-order valence-electron chi connectivity index (χ4n) is 5.12. The average molecular weight is 494 g/mol. The number of benzene rings is 2. The molecule has 3 heterocycles. The van der Waals surface area contributed by atoms with Gasteiger partial charge in [-0.05, 0) is 60.5 Å². The number of carbonyl (C=O) groups excluding carboxylic acids is 1. The van der Waals surface area contributed by atoms with E-state index in [1.807, 2.05) is 62.6 Å². The molecule has 37 heavy (non-hydrogen) atoms. The first-order chi connectivity index (χ1) is 17.7. The number of nitrogens with one attached hydrogen (secondary N) is 1. The fraction of sp³-hybridized carbons (Fsp3) is 0.172. The third-order valence-electron chi connectivity index (χ3n) is 6.97. The summed E-state index contributed by atoms with van der Waals surface area (Å²) >= 11 is 0. The van der Waals surface area contributed by atoms with Crippen molar-refractivity contribution in [3.05, 3.63) is 117 Å². The van der Waals surface area contributed by atoms with Gasteiger partial charge in [-0.2, -0.15) is 5.10 Å². The molecule has 0 fully saturated rings. The Hall–Kier alpha value is -4.72. The molecular formula is C29H27N5O3. The van der Waals surface area contributed by atoms with E-state index in [-0.39, 0.29) is 28.1 Å². The Morgan fingerprint density at radius 2 is 1.84 bits per heavy atom. The lowest BCUT2D eigenvalue weighted by Gasteiger charge is -2.23. The van der Waals surface area contributed by atoms with Gasteiger partial charge in [0.2, 0.25) is 5.78 Å². The predicted octanol–water partition coefficient (Wildman–Crippen LogP) is 6.10. The maximum atomic E-state index is 13.3. The molecule has 0 bridgehead atoms. The molecule has 0 saturated heterocycles. The van der Waals surface area contributed by atoms with Crippen molar-refractivity contribution in [3.8, 4) is 0 Å². The number of carbonyl (C=O) groups is 1. The molecule has 0 saturated carbocycles. The van der Waals surface area contributed by atoms with Crippen LogP contribution in [0.4, 0.5) is 17.1 Å². The van der Waals surface area contributed by atoms with Crippen molar-refractivity contribution in [1.29, 1.82) is 0 Å². The van der Waals surface area contributed by atoms with Gasteiger partial charge in [0.15, 0.2) is 0 Å². The summed E-state index contributed by atoms with van der Waals surface area (Å²) in [5, 5.41) is 16.1. The highest BCUT2D eigenvalue weighted by molar-refractivity contribution is 6.10. The molecule has 4 aromatic rings. The van der Waals surface area contributed by atoms with Gasteiger partial charge in [-0.3, -0.25) is 20.3 Å². The van der Waals surface area contributed by atoms with Crippen LogP contribution in [0.5, 0.6) is 0 Å². The molecule has 186 valence electrons. The number of nitro groups is 1. The van der Waals surface area contributed by atoms with E-state index < -0.39 is 4.92 Å². The fourth-order valence-corrected chi connectivity index (χ4v) is 5.12. The van der Waals surface area contributed by atoms with Crippen LogP contribution in [0, 0.1) is 17.0 Å². The number of rotatable bonds is 6. The number of aromatic nitrogens is 1. The lowest BCUT2D eigenvalue weighted by atomic mass is 9.84. The number of para-hydroxylation sites is 1. The number of anilines is 2. The Bertz CT molecular complexity index is 1610. The molecule has 0 radical (unpaired) electrons. The van der Waals surface area contributed by atoms with Gasteiger partial charge in [-0.25, -0.2) is 0 Å². The molecule has 0 aliphatic carbocycles. The summed E-state index contributed by atoms with van der Waals surface area (Å²) < 4.78 is 1.80. The van der Waals surface area contributed by atoms with Crippen LogP contribution in [0.3, 0.4) is 0 Å². The van der Waals surface area contributed by atoms with Crippen molar-refractivity contribution in [2.75, 3.05) is 17.4 Å². The Balaban J connectivity index is 1.40. The number of ketones is 1. The lowest BCUT2D eigenvalue weighted by Crippen LogP contribution is -2.23. The molecular weight excluding hydrogens is 466 g/mol. The number of nitrogens with zero attached hydrogens (tertiary/aromatic N) is 4. The van der Waals surface area contributed by atoms with E-state index in [1.54, 1.807) is 16.7 Å². The number of nitro benzene ring substituents is 1. The highest BCUT2D eigenvalue weighted by Crippen LogP contribution is 2.46. The molecule has 5 rings (SSSR count). The monoisotopic (exact) mass is 493 g/mol. The molecule has 0 spiro atoms. The Morgan fingerprint density at radius 1 is 1.08 bits per heavy atom. The van der Waals surface area contributed by atoms with Gasteiger partial charge in [0, 0.05) is 53.4 Å². The third kappa shape index (κ3) is 4.06. The second-order valence-electron chi connectivity index (χ2n) is 9.63. The van der Waals surface area contributed by atoms with E-state index in [1.165, 1.54) is 17.7 Å². The van der Waals surface area contributed by atoms with Gasteiger partial charge < -0.3 is 9.30 Å². The molecule has 1 aliphatic rings. The topological polar surface area (TPSA) is 92.2 Å². The van der Waals surface area contributed by atoms with Crippen LogP contribution in [0.2, 0.25) is 0 Å². The van der Waals surface area contributed by atoms with E-state index in [0.29, 0.717) is 5.69 Å². The van der Waals surface area contributed by atoms with Crippen molar-refractivity contribution >= 4 is 34.6 Å². The van der Waals surface area contributed by atoms with Gasteiger partial charge in [0.05, 0.1) is 10.6 Å². The third-order valence-corrected chi connectivity index (χ3v) is 6.97. The van der Waals surface area contributed by atoms with E-state index in [2.05, 4.69) is 41.4 Å². The molecule has 0 amide bonds. The van der Waals surface area contributed by atoms with Crippen molar-refractivity contribution < 1.29 is 9.72 Å². The van der Waals surface area contributed by atoms with Gasteiger partial charge in [0.25, 0.3) is 5.69 Å². The van der Waals surface area contributed by atoms with E-state index in [0.717, 1.165) is 22.5 Å². The molecule has 0 unspecified atom stereocenters. The van der Waals surface area contributed by atoms with Crippen molar-refractivity contribution in [3.63, 3.8) is 0 Å². The lowest BCUT2D eigenvalue weighted by molar-refractivity contribution is -0.384. The molecule has 8 heteroatoms. The first kappa shape index (κ1) is 24.0. The summed E-state index contributed by atoms with van der Waals surface area (Å²) in [5.41, 5.74) is 8.40. The number of hydrogen-bond acceptors (Lipinski definition) is 6. The summed E-state index contributed by atoms with van der Waals surface area (Å²) in [6.07, 6.45) is 5.31. The maximum absolute atomic E-state index is 13.3. The minimum absolute atomic E-state index is 0.202. The number of allylic oxidation sites excluding steroid dienone is 2. The summed E-state index contributed by atoms with van der Waals surface area (Å²) in [6, 6.07) is 20.2. The number of pyridine rings is 1. The number of hydrogen-bond donors (Lipinski definition) is 1. The van der Waals surface area contributed by atoms with E-state index in [4.69, 9.17) is 0 Å². The van der Waals surface area contributed by atoms with Crippen LogP contribution < -0.4 is 10.3 Å². The van der Waals surface area contributed by atoms with Crippen molar-refractivity contribution in [1.82, 2.24) is 4.40 Å². The zero-order chi connectivity index (χ0) is 26.3. The van der Waals surface area contributed by atoms with E-state index >= 15 is 0 Å². The van der Waals surface area contributed by atoms with Gasteiger partial charge in [0.1, 0.15) is 5.69 Å². The van der Waals surface area contributed by atoms with E-state index in [9.17, 15) is 14.9 Å². The average Bonchev–Trinajstić information content (AvgIpc) is 3.32. The second kappa shape index (κ2) is 9.05. The number of fused-ring (bicyclic) bond motifs is 2. The van der Waals surface area contributed by atoms with Crippen LogP contribution in [0.15, 0.2) is 89.8 Å². The number of aryl methyl sites for hydroxylation is 1. The molecule has 0 atom stereocenters. The van der Waals surface area contributed by atoms with Crippen molar-refractivity contribution in [2.45, 2.75) is 26.2 Å². The smallest absolute Gasteiger partial charge is 0.294 e. The SMILES string of the molecule is Cc1cc2ccccn2c1C(=O)c1ccc(N/N=C\C=C2/N(C)c3ccccc3C2(C)C)c([N+](=O)[O-])c1. The highest BCUT2D eigenvalue weighted by atomic mass is 16.6. The molecule has 1 aliphatic heterocycles. The first-order valence-electron chi connectivity index (χ1n) is 11.9. The minimum Gasteiger partial charge on any atom is -0.347 e. The zero-order valence-electron chi connectivity index (χ0n) is 21.1. The highest BCUT2D eigenvalue weighted by Gasteiger charge is 2.37. The molecule has 8 nitrogen and oxygen atoms in total. The Morgan fingerprint density at radius 3 is 2.59 bits per heavy atom. The largest absolute Gasteiger partial charge is 0.347 e. The predicted molar refractivity (Wildman–Crippen MR) is 147 cm³/mol. The van der Waals surface area contributed by atoms with Gasteiger partial charge in [-0.1, -0.05) is 38.1 Å². The number of likely N-dealkylation sites (N-methyl/N-ethyl adjacent to an activating group) is 1. The Labute approximate surface area is 214 Å². The molecule has 1 N–H and O–H groups in total. The van der Waals surface area contributed by atoms with Gasteiger partial charge >= 0.3 is 0 Å². The van der Waals surface area contributed by atoms with Crippen LogP contribution in [0.1, 0.15) is 41.0 Å². The van der Waals surface area contributed by atoms with Crippen LogP contribution >= 0.6 is 0 Å². The van der Waals surface area contributed by atoms with Gasteiger partial charge in [-0.15, -0.1) is 0 Å². The Kier molecular flexibility index (Phi) is 5.87. The normalized spacial score (nSPS) is 15.5. The van der Waals surface area contributed by atoms with Crippen LogP contribution in [0.25, 0.3) is 5.52 Å². The maximum Gasteiger partial charge on any atom is 0.294 e. The summed E-state index contributed by atoms with van der Waals surface area (Å²) in [5.74, 6) is -0.280. The number of hydrazone groups is 1. The van der Waals surface area contributed by atoms with Crippen LogP contribution in [-0.2, 0) is 5.41 Å². The molecule has 2 aromatic heterocycles. The standard InChI is InChI=1S/C29H27N5O3/c1-19-17-21-9-7-8-16-33(21)27(19)28(35)20-12-13-23(25(18-20)34(36)37)31-30-15-14-26-29(2,3)22-10-5-6-11-24(22)32(26)4/h5-18,31H,1-4H3/b26-14-,30-15-. The first-order valence-corrected chi connectivity index (χ1v) is 11.9. The van der Waals surface area contributed by atoms with Crippen LogP contribution in [-0.4, -0.2) is 28.4 Å². The quantitative estimate of drug-likeness (QED) is 0.152. The second-order valence-corrected chi connectivity index (χ2v) is 9.63. The summed E-state index contributed by atoms with van der Waals surface area (Å²) in [4.78, 5) is 26.8. The minimum atomic E-state index is -0.513. The summed E-state index contributed by atoms with van der Waals surface area (Å²) in [7, 11) is 2.01. The molecule has 2 aromatic carbocycles.